The molecule has 0 saturated heterocycles. The van der Waals surface area contributed by atoms with Crippen molar-refractivity contribution in [2.24, 2.45) is 0 Å². The molecule has 0 saturated carbocycles. The summed E-state index contributed by atoms with van der Waals surface area (Å²) < 4.78 is 25.6. The molecule has 2 heterocycles. The maximum Gasteiger partial charge on any atom is 0.273 e. The molecular weight excluding hydrogens is 288 g/mol. The topological polar surface area (TPSA) is 90.4 Å². The first-order valence-electron chi connectivity index (χ1n) is 5.13. The molecule has 0 radical (unpaired) electrons. The summed E-state index contributed by atoms with van der Waals surface area (Å²) >= 11 is 1.09. The Morgan fingerprint density at radius 3 is 2.74 bits per heavy atom. The first kappa shape index (κ1) is 13.5. The molecule has 0 aliphatic carbocycles. The number of aromatic carboxylic acids is 1. The van der Waals surface area contributed by atoms with Crippen LogP contribution < -0.4 is 9.41 Å². The largest absolute Gasteiger partial charge is 0.543 e. The first-order valence-corrected chi connectivity index (χ1v) is 7.45. The lowest BCUT2D eigenvalue weighted by Crippen LogP contribution is -2.27. The van der Waals surface area contributed by atoms with Gasteiger partial charge in [-0.1, -0.05) is 6.07 Å². The first-order chi connectivity index (χ1) is 8.93. The second-order valence-electron chi connectivity index (χ2n) is 3.59. The van der Waals surface area contributed by atoms with Gasteiger partial charge in [0.25, 0.3) is 10.0 Å². The van der Waals surface area contributed by atoms with E-state index < -0.39 is 16.0 Å². The van der Waals surface area contributed by atoms with Crippen LogP contribution in [0.3, 0.4) is 0 Å². The van der Waals surface area contributed by atoms with Crippen LogP contribution in [0.25, 0.3) is 0 Å². The van der Waals surface area contributed by atoms with Crippen molar-refractivity contribution in [2.75, 3.05) is 11.4 Å². The monoisotopic (exact) mass is 297 g/mol. The van der Waals surface area contributed by atoms with Gasteiger partial charge in [0.15, 0.2) is 0 Å². The van der Waals surface area contributed by atoms with Gasteiger partial charge >= 0.3 is 0 Å². The maximum atomic E-state index is 12.2. The van der Waals surface area contributed by atoms with E-state index in [0.717, 1.165) is 21.7 Å². The van der Waals surface area contributed by atoms with E-state index in [-0.39, 0.29) is 15.6 Å². The van der Waals surface area contributed by atoms with Gasteiger partial charge in [-0.25, -0.2) is 8.42 Å². The van der Waals surface area contributed by atoms with Gasteiger partial charge < -0.3 is 9.90 Å². The van der Waals surface area contributed by atoms with E-state index in [1.807, 2.05) is 0 Å². The van der Waals surface area contributed by atoms with Crippen molar-refractivity contribution in [3.8, 4) is 0 Å². The van der Waals surface area contributed by atoms with Crippen molar-refractivity contribution in [2.45, 2.75) is 4.21 Å². The van der Waals surface area contributed by atoms with Crippen LogP contribution in [0.1, 0.15) is 10.5 Å². The minimum absolute atomic E-state index is 0.182. The third-order valence-corrected chi connectivity index (χ3v) is 5.58. The lowest BCUT2D eigenvalue weighted by Gasteiger charge is -2.18. The summed E-state index contributed by atoms with van der Waals surface area (Å²) in [5, 5.41) is 12.4. The van der Waals surface area contributed by atoms with Crippen LogP contribution in [0.15, 0.2) is 40.1 Å². The Kier molecular flexibility index (Phi) is 3.54. The number of carbonyl (C=O) groups is 1. The normalized spacial score (nSPS) is 11.2. The molecule has 0 atom stereocenters. The van der Waals surface area contributed by atoms with Gasteiger partial charge in [-0.2, -0.15) is 0 Å². The van der Waals surface area contributed by atoms with Gasteiger partial charge in [-0.15, -0.1) is 11.3 Å². The number of sulfonamides is 1. The zero-order chi connectivity index (χ0) is 14.0. The molecule has 2 rings (SSSR count). The average Bonchev–Trinajstić information content (AvgIpc) is 2.92. The summed E-state index contributed by atoms with van der Waals surface area (Å²) in [6.07, 6.45) is 1.22. The molecule has 0 fully saturated rings. The molecule has 0 N–H and O–H groups in total. The molecule has 6 nitrogen and oxygen atoms in total. The standard InChI is InChI=1S/C11H10N2O4S2/c1-13(19(16,17)10-3-2-6-18-10)8-4-5-12-9(7-8)11(14)15/h2-7H,1H3,(H,14,15)/p-1. The molecule has 8 heteroatoms. The van der Waals surface area contributed by atoms with Crippen molar-refractivity contribution < 1.29 is 18.3 Å². The van der Waals surface area contributed by atoms with Crippen LogP contribution in [0.2, 0.25) is 0 Å². The highest BCUT2D eigenvalue weighted by molar-refractivity contribution is 7.94. The summed E-state index contributed by atoms with van der Waals surface area (Å²) in [7, 11) is -2.33. The second kappa shape index (κ2) is 4.98. The smallest absolute Gasteiger partial charge is 0.273 e. The molecule has 0 spiro atoms. The van der Waals surface area contributed by atoms with Crippen molar-refractivity contribution in [3.63, 3.8) is 0 Å². The van der Waals surface area contributed by atoms with Gasteiger partial charge in [-0.05, 0) is 23.6 Å². The van der Waals surface area contributed by atoms with Crippen LogP contribution in [0, 0.1) is 0 Å². The lowest BCUT2D eigenvalue weighted by atomic mass is 10.3. The Morgan fingerprint density at radius 2 is 2.16 bits per heavy atom. The number of pyridine rings is 1. The fourth-order valence-electron chi connectivity index (χ4n) is 1.41. The minimum atomic E-state index is -3.68. The Balaban J connectivity index is 2.42. The summed E-state index contributed by atoms with van der Waals surface area (Å²) in [6.45, 7) is 0. The number of carbonyl (C=O) groups excluding carboxylic acids is 1. The van der Waals surface area contributed by atoms with Gasteiger partial charge in [0, 0.05) is 13.2 Å². The molecule has 2 aromatic heterocycles. The molecule has 19 heavy (non-hydrogen) atoms. The second-order valence-corrected chi connectivity index (χ2v) is 6.74. The highest BCUT2D eigenvalue weighted by Gasteiger charge is 2.22. The number of nitrogens with zero attached hydrogens (tertiary/aromatic N) is 2. The summed E-state index contributed by atoms with van der Waals surface area (Å²) in [6, 6.07) is 5.68. The van der Waals surface area contributed by atoms with Crippen molar-refractivity contribution >= 4 is 33.0 Å². The van der Waals surface area contributed by atoms with Crippen LogP contribution in [0.5, 0.6) is 0 Å². The molecule has 0 aliphatic rings. The van der Waals surface area contributed by atoms with Gasteiger partial charge in [0.2, 0.25) is 0 Å². The molecule has 100 valence electrons. The Hall–Kier alpha value is -1.93. The molecular formula is C11H9N2O4S2-. The van der Waals surface area contributed by atoms with Crippen LogP contribution in [0.4, 0.5) is 5.69 Å². The number of hydrogen-bond acceptors (Lipinski definition) is 6. The minimum Gasteiger partial charge on any atom is -0.543 e. The van der Waals surface area contributed by atoms with Crippen molar-refractivity contribution in [1.29, 1.82) is 0 Å². The highest BCUT2D eigenvalue weighted by Crippen LogP contribution is 2.24. The van der Waals surface area contributed by atoms with E-state index >= 15 is 0 Å². The van der Waals surface area contributed by atoms with E-state index in [9.17, 15) is 18.3 Å². The molecule has 0 bridgehead atoms. The van der Waals surface area contributed by atoms with Crippen LogP contribution in [-0.4, -0.2) is 26.4 Å². The van der Waals surface area contributed by atoms with Gasteiger partial charge in [-0.3, -0.25) is 9.29 Å². The summed E-state index contributed by atoms with van der Waals surface area (Å²) in [5.74, 6) is -1.45. The van der Waals surface area contributed by atoms with E-state index in [2.05, 4.69) is 4.98 Å². The molecule has 2 aromatic rings. The third-order valence-electron chi connectivity index (χ3n) is 2.43. The van der Waals surface area contributed by atoms with E-state index in [0.29, 0.717) is 0 Å². The third kappa shape index (κ3) is 2.59. The van der Waals surface area contributed by atoms with E-state index in [1.54, 1.807) is 11.4 Å². The Labute approximate surface area is 114 Å². The lowest BCUT2D eigenvalue weighted by molar-refractivity contribution is -0.255. The SMILES string of the molecule is CN(c1ccnc(C(=O)[O-])c1)S(=O)(=O)c1cccs1. The zero-order valence-electron chi connectivity index (χ0n) is 9.81. The number of hydrogen-bond donors (Lipinski definition) is 0. The Morgan fingerprint density at radius 1 is 1.42 bits per heavy atom. The zero-order valence-corrected chi connectivity index (χ0v) is 11.4. The molecule has 0 aliphatic heterocycles. The summed E-state index contributed by atoms with van der Waals surface area (Å²) in [4.78, 5) is 14.3. The predicted octanol–water partition coefficient (Wildman–Crippen LogP) is 0.332. The average molecular weight is 297 g/mol. The maximum absolute atomic E-state index is 12.2. The number of carboxylic acid groups (broad SMARTS) is 1. The Bertz CT molecular complexity index is 695. The van der Waals surface area contributed by atoms with Gasteiger partial charge in [0.1, 0.15) is 4.21 Å². The summed E-state index contributed by atoms with van der Waals surface area (Å²) in [5.41, 5.74) is -0.103. The quantitative estimate of drug-likeness (QED) is 0.811. The molecule has 0 amide bonds. The van der Waals surface area contributed by atoms with E-state index in [4.69, 9.17) is 0 Å². The number of anilines is 1. The molecule has 0 unspecified atom stereocenters. The van der Waals surface area contributed by atoms with Crippen LogP contribution in [-0.2, 0) is 10.0 Å². The van der Waals surface area contributed by atoms with Gasteiger partial charge in [0.05, 0.1) is 17.4 Å². The van der Waals surface area contributed by atoms with Crippen LogP contribution >= 0.6 is 11.3 Å². The van der Waals surface area contributed by atoms with Crippen molar-refractivity contribution in [3.05, 3.63) is 41.5 Å². The van der Waals surface area contributed by atoms with E-state index in [1.165, 1.54) is 25.4 Å². The highest BCUT2D eigenvalue weighted by atomic mass is 32.2. The number of rotatable bonds is 4. The fourth-order valence-corrected chi connectivity index (χ4v) is 3.76. The molecule has 0 aromatic carbocycles. The number of aromatic nitrogens is 1. The number of thiophene rings is 1. The van der Waals surface area contributed by atoms with Crippen molar-refractivity contribution in [1.82, 2.24) is 4.98 Å². The number of carboxylic acids is 1. The fraction of sp³-hybridized carbons (Fsp3) is 0.0909. The predicted molar refractivity (Wildman–Crippen MR) is 68.5 cm³/mol.